The Bertz CT molecular complexity index is 680. The Kier molecular flexibility index (Phi) is 5.16. The summed E-state index contributed by atoms with van der Waals surface area (Å²) in [6, 6.07) is 7.77. The van der Waals surface area contributed by atoms with Gasteiger partial charge in [-0.3, -0.25) is 4.79 Å². The largest absolute Gasteiger partial charge is 0.345 e. The van der Waals surface area contributed by atoms with E-state index in [1.807, 2.05) is 31.2 Å². The van der Waals surface area contributed by atoms with Crippen molar-refractivity contribution in [2.24, 2.45) is 0 Å². The normalized spacial score (nSPS) is 10.4. The number of amides is 1. The maximum atomic E-state index is 11.9. The third kappa shape index (κ3) is 4.46. The lowest BCUT2D eigenvalue weighted by Crippen LogP contribution is -2.16. The molecule has 0 aliphatic rings. The van der Waals surface area contributed by atoms with Gasteiger partial charge in [0.2, 0.25) is 5.91 Å². The maximum absolute atomic E-state index is 11.9. The van der Waals surface area contributed by atoms with Gasteiger partial charge in [-0.2, -0.15) is 0 Å². The molecule has 2 aromatic rings. The molecule has 5 nitrogen and oxygen atoms in total. The van der Waals surface area contributed by atoms with E-state index in [4.69, 9.17) is 0 Å². The van der Waals surface area contributed by atoms with Gasteiger partial charge in [0.1, 0.15) is 0 Å². The SMILES string of the molecule is CCc1ccc(NC(=O)CSc2[nH]c(=O)ncc2C)cc1. The van der Waals surface area contributed by atoms with Crippen molar-refractivity contribution in [2.45, 2.75) is 25.3 Å². The lowest BCUT2D eigenvalue weighted by Gasteiger charge is -2.07. The van der Waals surface area contributed by atoms with Crippen molar-refractivity contribution >= 4 is 23.4 Å². The van der Waals surface area contributed by atoms with Gasteiger partial charge in [0.15, 0.2) is 0 Å². The number of hydrogen-bond donors (Lipinski definition) is 2. The van der Waals surface area contributed by atoms with Crippen LogP contribution in [0.1, 0.15) is 18.1 Å². The van der Waals surface area contributed by atoms with Crippen LogP contribution in [0.25, 0.3) is 0 Å². The maximum Gasteiger partial charge on any atom is 0.345 e. The van der Waals surface area contributed by atoms with Crippen LogP contribution < -0.4 is 11.0 Å². The van der Waals surface area contributed by atoms with Gasteiger partial charge in [0.25, 0.3) is 0 Å². The number of hydrogen-bond acceptors (Lipinski definition) is 4. The molecule has 21 heavy (non-hydrogen) atoms. The van der Waals surface area contributed by atoms with Gasteiger partial charge in [-0.1, -0.05) is 30.8 Å². The zero-order chi connectivity index (χ0) is 15.2. The Morgan fingerprint density at radius 2 is 2.05 bits per heavy atom. The number of anilines is 1. The quantitative estimate of drug-likeness (QED) is 0.657. The molecule has 0 fully saturated rings. The fourth-order valence-electron chi connectivity index (χ4n) is 1.75. The molecule has 1 aromatic heterocycles. The summed E-state index contributed by atoms with van der Waals surface area (Å²) < 4.78 is 0. The van der Waals surface area contributed by atoms with Gasteiger partial charge in [0.05, 0.1) is 10.8 Å². The highest BCUT2D eigenvalue weighted by Gasteiger charge is 2.06. The Morgan fingerprint density at radius 3 is 2.71 bits per heavy atom. The van der Waals surface area contributed by atoms with Gasteiger partial charge >= 0.3 is 5.69 Å². The van der Waals surface area contributed by atoms with Gasteiger partial charge in [-0.05, 0) is 36.6 Å². The van der Waals surface area contributed by atoms with Crippen LogP contribution in [0.2, 0.25) is 0 Å². The van der Waals surface area contributed by atoms with Crippen LogP contribution in [0, 0.1) is 6.92 Å². The minimum atomic E-state index is -0.404. The second-order valence-corrected chi connectivity index (χ2v) is 5.57. The third-order valence-electron chi connectivity index (χ3n) is 2.95. The van der Waals surface area contributed by atoms with Crippen LogP contribution in [0.15, 0.2) is 40.3 Å². The first-order valence-electron chi connectivity index (χ1n) is 6.66. The first-order chi connectivity index (χ1) is 10.1. The van der Waals surface area contributed by atoms with E-state index in [-0.39, 0.29) is 11.7 Å². The number of rotatable bonds is 5. The minimum absolute atomic E-state index is 0.110. The van der Waals surface area contributed by atoms with Crippen LogP contribution >= 0.6 is 11.8 Å². The Labute approximate surface area is 127 Å². The van der Waals surface area contributed by atoms with Crippen molar-refractivity contribution in [1.29, 1.82) is 0 Å². The molecular weight excluding hydrogens is 286 g/mol. The van der Waals surface area contributed by atoms with E-state index in [2.05, 4.69) is 22.2 Å². The summed E-state index contributed by atoms with van der Waals surface area (Å²) in [6.45, 7) is 3.93. The monoisotopic (exact) mass is 303 g/mol. The smallest absolute Gasteiger partial charge is 0.325 e. The molecule has 0 bridgehead atoms. The van der Waals surface area contributed by atoms with Crippen molar-refractivity contribution in [3.63, 3.8) is 0 Å². The first kappa shape index (κ1) is 15.3. The molecule has 2 N–H and O–H groups in total. The van der Waals surface area contributed by atoms with E-state index in [1.165, 1.54) is 23.5 Å². The molecule has 2 rings (SSSR count). The molecule has 0 unspecified atom stereocenters. The van der Waals surface area contributed by atoms with Crippen molar-refractivity contribution < 1.29 is 4.79 Å². The number of nitrogens with one attached hydrogen (secondary N) is 2. The summed E-state index contributed by atoms with van der Waals surface area (Å²) in [6.07, 6.45) is 2.47. The molecule has 6 heteroatoms. The van der Waals surface area contributed by atoms with Gasteiger partial charge in [0, 0.05) is 11.9 Å². The predicted octanol–water partition coefficient (Wildman–Crippen LogP) is 2.37. The van der Waals surface area contributed by atoms with E-state index < -0.39 is 5.69 Å². The number of carbonyl (C=O) groups excluding carboxylic acids is 1. The van der Waals surface area contributed by atoms with Crippen molar-refractivity contribution in [2.75, 3.05) is 11.1 Å². The first-order valence-corrected chi connectivity index (χ1v) is 7.64. The Hall–Kier alpha value is -2.08. The van der Waals surface area contributed by atoms with Crippen LogP contribution in [0.3, 0.4) is 0 Å². The van der Waals surface area contributed by atoms with E-state index >= 15 is 0 Å². The molecular formula is C15H17N3O2S. The topological polar surface area (TPSA) is 74.8 Å². The number of aromatic amines is 1. The summed E-state index contributed by atoms with van der Waals surface area (Å²) in [5, 5.41) is 3.50. The molecule has 1 aromatic carbocycles. The van der Waals surface area contributed by atoms with Gasteiger partial charge < -0.3 is 10.3 Å². The molecule has 0 radical (unpaired) electrons. The standard InChI is InChI=1S/C15H17N3O2S/c1-3-11-4-6-12(7-5-11)17-13(19)9-21-14-10(2)8-16-15(20)18-14/h4-8H,3,9H2,1-2H3,(H,17,19)(H,16,18,20). The highest BCUT2D eigenvalue weighted by Crippen LogP contribution is 2.18. The summed E-state index contributed by atoms with van der Waals surface area (Å²) in [5.41, 5.74) is 2.45. The van der Waals surface area contributed by atoms with Crippen LogP contribution in [0.4, 0.5) is 5.69 Å². The molecule has 0 aliphatic carbocycles. The summed E-state index contributed by atoms with van der Waals surface area (Å²) in [4.78, 5) is 29.3. The average molecular weight is 303 g/mol. The van der Waals surface area contributed by atoms with E-state index in [0.717, 1.165) is 17.7 Å². The summed E-state index contributed by atoms with van der Waals surface area (Å²) in [5.74, 6) is 0.123. The second kappa shape index (κ2) is 7.08. The van der Waals surface area contributed by atoms with Crippen LogP contribution in [-0.2, 0) is 11.2 Å². The zero-order valence-corrected chi connectivity index (χ0v) is 12.8. The number of aryl methyl sites for hydroxylation is 2. The van der Waals surface area contributed by atoms with Crippen molar-refractivity contribution in [3.8, 4) is 0 Å². The molecule has 0 aliphatic heterocycles. The van der Waals surface area contributed by atoms with Crippen molar-refractivity contribution in [3.05, 3.63) is 52.1 Å². The predicted molar refractivity (Wildman–Crippen MR) is 84.8 cm³/mol. The lowest BCUT2D eigenvalue weighted by atomic mass is 10.1. The zero-order valence-electron chi connectivity index (χ0n) is 12.0. The van der Waals surface area contributed by atoms with E-state index in [0.29, 0.717) is 5.03 Å². The number of benzene rings is 1. The summed E-state index contributed by atoms with van der Waals surface area (Å²) >= 11 is 1.29. The lowest BCUT2D eigenvalue weighted by molar-refractivity contribution is -0.113. The molecule has 1 amide bonds. The molecule has 0 saturated heterocycles. The highest BCUT2D eigenvalue weighted by molar-refractivity contribution is 8.00. The van der Waals surface area contributed by atoms with E-state index in [1.54, 1.807) is 0 Å². The third-order valence-corrected chi connectivity index (χ3v) is 4.07. The Morgan fingerprint density at radius 1 is 1.33 bits per heavy atom. The molecule has 0 spiro atoms. The van der Waals surface area contributed by atoms with Crippen LogP contribution in [-0.4, -0.2) is 21.6 Å². The average Bonchev–Trinajstić information content (AvgIpc) is 2.49. The Balaban J connectivity index is 1.92. The van der Waals surface area contributed by atoms with Gasteiger partial charge in [-0.25, -0.2) is 9.78 Å². The number of carbonyl (C=O) groups is 1. The van der Waals surface area contributed by atoms with E-state index in [9.17, 15) is 9.59 Å². The van der Waals surface area contributed by atoms with Crippen molar-refractivity contribution in [1.82, 2.24) is 9.97 Å². The number of H-pyrrole nitrogens is 1. The van der Waals surface area contributed by atoms with Gasteiger partial charge in [-0.15, -0.1) is 0 Å². The molecule has 1 heterocycles. The molecule has 0 saturated carbocycles. The fourth-order valence-corrected chi connectivity index (χ4v) is 2.54. The number of thioether (sulfide) groups is 1. The minimum Gasteiger partial charge on any atom is -0.325 e. The second-order valence-electron chi connectivity index (χ2n) is 4.59. The number of nitrogens with zero attached hydrogens (tertiary/aromatic N) is 1. The van der Waals surface area contributed by atoms with Crippen LogP contribution in [0.5, 0.6) is 0 Å². The molecule has 110 valence electrons. The highest BCUT2D eigenvalue weighted by atomic mass is 32.2. The number of aromatic nitrogens is 2. The molecule has 0 atom stereocenters. The fraction of sp³-hybridized carbons (Fsp3) is 0.267. The summed E-state index contributed by atoms with van der Waals surface area (Å²) in [7, 11) is 0.